The van der Waals surface area contributed by atoms with Gasteiger partial charge in [-0.1, -0.05) is 48.5 Å². The molecule has 0 spiro atoms. The first kappa shape index (κ1) is 21.5. The van der Waals surface area contributed by atoms with Gasteiger partial charge in [0.2, 0.25) is 5.91 Å². The lowest BCUT2D eigenvalue weighted by Gasteiger charge is -2.32. The molecule has 1 aliphatic rings. The highest BCUT2D eigenvalue weighted by Crippen LogP contribution is 2.27. The van der Waals surface area contributed by atoms with Crippen LogP contribution in [0.2, 0.25) is 0 Å². The van der Waals surface area contributed by atoms with Crippen molar-refractivity contribution >= 4 is 16.8 Å². The summed E-state index contributed by atoms with van der Waals surface area (Å²) in [4.78, 5) is 17.1. The van der Waals surface area contributed by atoms with Crippen molar-refractivity contribution in [3.05, 3.63) is 54.6 Å². The van der Waals surface area contributed by atoms with E-state index in [1.54, 1.807) is 0 Å². The average Bonchev–Trinajstić information content (AvgIpc) is 3.17. The molecule has 6 heteroatoms. The Morgan fingerprint density at radius 2 is 1.68 bits per heavy atom. The normalized spacial score (nSPS) is 15.4. The monoisotopic (exact) mass is 419 g/mol. The Labute approximate surface area is 184 Å². The molecular weight excluding hydrogens is 386 g/mol. The summed E-state index contributed by atoms with van der Waals surface area (Å²) in [5.74, 6) is 0.137. The number of aromatic nitrogens is 2. The van der Waals surface area contributed by atoms with Crippen LogP contribution in [0.1, 0.15) is 19.3 Å². The Balaban J connectivity index is 1.24. The summed E-state index contributed by atoms with van der Waals surface area (Å²) >= 11 is 0. The van der Waals surface area contributed by atoms with E-state index in [9.17, 15) is 4.79 Å². The van der Waals surface area contributed by atoms with E-state index in [0.29, 0.717) is 6.42 Å². The van der Waals surface area contributed by atoms with Crippen LogP contribution in [0.15, 0.2) is 54.6 Å². The Morgan fingerprint density at radius 3 is 2.48 bits per heavy atom. The second kappa shape index (κ2) is 10.6. The number of fused-ring (bicyclic) bond motifs is 1. The lowest BCUT2D eigenvalue weighted by Crippen LogP contribution is -2.45. The number of amides is 1. The maximum absolute atomic E-state index is 12.3. The minimum absolute atomic E-state index is 0.137. The first-order valence-electron chi connectivity index (χ1n) is 11.4. The fraction of sp³-hybridized carbons (Fsp3) is 0.440. The molecule has 2 heterocycles. The largest absolute Gasteiger partial charge is 0.356 e. The van der Waals surface area contributed by atoms with Crippen LogP contribution in [0, 0.1) is 0 Å². The Bertz CT molecular complexity index is 976. The summed E-state index contributed by atoms with van der Waals surface area (Å²) < 4.78 is 2.04. The average molecular weight is 420 g/mol. The van der Waals surface area contributed by atoms with Gasteiger partial charge < -0.3 is 15.1 Å². The summed E-state index contributed by atoms with van der Waals surface area (Å²) in [6.45, 7) is 7.10. The molecule has 1 amide bonds. The van der Waals surface area contributed by atoms with Gasteiger partial charge in [0.05, 0.1) is 5.52 Å². The smallest absolute Gasteiger partial charge is 0.220 e. The fourth-order valence-corrected chi connectivity index (χ4v) is 4.19. The Kier molecular flexibility index (Phi) is 7.33. The van der Waals surface area contributed by atoms with E-state index in [-0.39, 0.29) is 5.91 Å². The van der Waals surface area contributed by atoms with Crippen molar-refractivity contribution in [2.24, 2.45) is 0 Å². The molecule has 0 aliphatic carbocycles. The van der Waals surface area contributed by atoms with Crippen LogP contribution in [0.25, 0.3) is 22.2 Å². The van der Waals surface area contributed by atoms with Gasteiger partial charge in [-0.3, -0.25) is 9.48 Å². The molecule has 0 radical (unpaired) electrons. The fourth-order valence-electron chi connectivity index (χ4n) is 4.19. The van der Waals surface area contributed by atoms with Crippen LogP contribution >= 0.6 is 0 Å². The molecule has 0 atom stereocenters. The van der Waals surface area contributed by atoms with Gasteiger partial charge in [0.1, 0.15) is 5.69 Å². The zero-order chi connectivity index (χ0) is 21.5. The van der Waals surface area contributed by atoms with Crippen molar-refractivity contribution in [2.75, 3.05) is 46.3 Å². The van der Waals surface area contributed by atoms with Crippen molar-refractivity contribution in [3.8, 4) is 11.3 Å². The van der Waals surface area contributed by atoms with Crippen LogP contribution in [0.3, 0.4) is 0 Å². The van der Waals surface area contributed by atoms with Gasteiger partial charge in [-0.25, -0.2) is 0 Å². The predicted molar refractivity (Wildman–Crippen MR) is 126 cm³/mol. The van der Waals surface area contributed by atoms with E-state index < -0.39 is 0 Å². The summed E-state index contributed by atoms with van der Waals surface area (Å²) in [6, 6.07) is 18.6. The number of rotatable bonds is 9. The quantitative estimate of drug-likeness (QED) is 0.541. The molecule has 6 nitrogen and oxygen atoms in total. The number of piperazine rings is 1. The third-order valence-electron chi connectivity index (χ3n) is 6.05. The lowest BCUT2D eigenvalue weighted by atomic mass is 10.1. The van der Waals surface area contributed by atoms with Gasteiger partial charge in [0.25, 0.3) is 0 Å². The van der Waals surface area contributed by atoms with Crippen LogP contribution < -0.4 is 5.32 Å². The van der Waals surface area contributed by atoms with Crippen LogP contribution in [0.5, 0.6) is 0 Å². The van der Waals surface area contributed by atoms with Gasteiger partial charge in [0.15, 0.2) is 0 Å². The molecule has 1 aliphatic heterocycles. The second-order valence-corrected chi connectivity index (χ2v) is 8.41. The minimum atomic E-state index is 0.137. The minimum Gasteiger partial charge on any atom is -0.356 e. The van der Waals surface area contributed by atoms with E-state index in [1.165, 1.54) is 0 Å². The molecule has 31 heavy (non-hydrogen) atoms. The van der Waals surface area contributed by atoms with E-state index in [1.807, 2.05) is 28.9 Å². The number of benzene rings is 2. The van der Waals surface area contributed by atoms with Crippen LogP contribution in [-0.2, 0) is 11.3 Å². The van der Waals surface area contributed by atoms with Gasteiger partial charge in [-0.05, 0) is 32.5 Å². The predicted octanol–water partition coefficient (Wildman–Crippen LogP) is 3.24. The van der Waals surface area contributed by atoms with Gasteiger partial charge in [0, 0.05) is 56.6 Å². The Hall–Kier alpha value is -2.70. The summed E-state index contributed by atoms with van der Waals surface area (Å²) in [5, 5.41) is 9.10. The first-order valence-corrected chi connectivity index (χ1v) is 11.4. The Morgan fingerprint density at radius 1 is 0.935 bits per heavy atom. The van der Waals surface area contributed by atoms with Crippen molar-refractivity contribution in [1.29, 1.82) is 0 Å². The standard InChI is InChI=1S/C25H33N5O/c1-28-17-19-29(20-18-28)15-8-14-26-24(31)13-7-16-30-23-12-6-5-11-22(23)25(27-30)21-9-3-2-4-10-21/h2-6,9-12H,7-8,13-20H2,1H3,(H,26,31). The number of carbonyl (C=O) groups excluding carboxylic acids is 1. The molecule has 4 rings (SSSR count). The molecular formula is C25H33N5O. The van der Waals surface area contributed by atoms with Crippen molar-refractivity contribution in [3.63, 3.8) is 0 Å². The van der Waals surface area contributed by atoms with Crippen LogP contribution in [-0.4, -0.2) is 71.8 Å². The third-order valence-corrected chi connectivity index (χ3v) is 6.05. The first-order chi connectivity index (χ1) is 15.2. The summed E-state index contributed by atoms with van der Waals surface area (Å²) in [6.07, 6.45) is 2.33. The number of nitrogens with zero attached hydrogens (tertiary/aromatic N) is 4. The van der Waals surface area contributed by atoms with Crippen molar-refractivity contribution in [2.45, 2.75) is 25.8 Å². The highest BCUT2D eigenvalue weighted by atomic mass is 16.1. The van der Waals surface area contributed by atoms with Crippen molar-refractivity contribution in [1.82, 2.24) is 24.9 Å². The summed E-state index contributed by atoms with van der Waals surface area (Å²) in [5.41, 5.74) is 3.24. The number of hydrogen-bond acceptors (Lipinski definition) is 4. The highest BCUT2D eigenvalue weighted by Gasteiger charge is 2.14. The van der Waals surface area contributed by atoms with Gasteiger partial charge in [-0.2, -0.15) is 5.10 Å². The summed E-state index contributed by atoms with van der Waals surface area (Å²) in [7, 11) is 2.17. The molecule has 1 fully saturated rings. The van der Waals surface area contributed by atoms with Crippen LogP contribution in [0.4, 0.5) is 0 Å². The molecule has 1 saturated heterocycles. The number of likely N-dealkylation sites (N-methyl/N-ethyl adjacent to an activating group) is 1. The topological polar surface area (TPSA) is 53.4 Å². The number of aryl methyl sites for hydroxylation is 1. The molecule has 0 unspecified atom stereocenters. The maximum atomic E-state index is 12.3. The third kappa shape index (κ3) is 5.71. The lowest BCUT2D eigenvalue weighted by molar-refractivity contribution is -0.121. The zero-order valence-corrected chi connectivity index (χ0v) is 18.5. The van der Waals surface area contributed by atoms with E-state index in [4.69, 9.17) is 5.10 Å². The van der Waals surface area contributed by atoms with Crippen molar-refractivity contribution < 1.29 is 4.79 Å². The number of hydrogen-bond donors (Lipinski definition) is 1. The van der Waals surface area contributed by atoms with E-state index >= 15 is 0 Å². The number of carbonyl (C=O) groups is 1. The highest BCUT2D eigenvalue weighted by molar-refractivity contribution is 5.93. The molecule has 2 aromatic carbocycles. The number of nitrogens with one attached hydrogen (secondary N) is 1. The molecule has 164 valence electrons. The molecule has 1 aromatic heterocycles. The van der Waals surface area contributed by atoms with Gasteiger partial charge >= 0.3 is 0 Å². The molecule has 0 saturated carbocycles. The molecule has 1 N–H and O–H groups in total. The molecule has 3 aromatic rings. The number of para-hydroxylation sites is 1. The zero-order valence-electron chi connectivity index (χ0n) is 18.5. The van der Waals surface area contributed by atoms with Gasteiger partial charge in [-0.15, -0.1) is 0 Å². The van der Waals surface area contributed by atoms with E-state index in [2.05, 4.69) is 52.5 Å². The maximum Gasteiger partial charge on any atom is 0.220 e. The molecule has 0 bridgehead atoms. The SMILES string of the molecule is CN1CCN(CCCNC(=O)CCCn2nc(-c3ccccc3)c3ccccc32)CC1. The second-order valence-electron chi connectivity index (χ2n) is 8.41. The van der Waals surface area contributed by atoms with E-state index in [0.717, 1.165) is 80.8 Å².